The van der Waals surface area contributed by atoms with Gasteiger partial charge in [-0.2, -0.15) is 0 Å². The van der Waals surface area contributed by atoms with Crippen LogP contribution >= 0.6 is 23.2 Å². The maximum Gasteiger partial charge on any atom is 0.335 e. The number of carbonyl (C=O) groups is 1. The van der Waals surface area contributed by atoms with Gasteiger partial charge in [0.15, 0.2) is 0 Å². The molecule has 0 atom stereocenters. The van der Waals surface area contributed by atoms with E-state index in [-0.39, 0.29) is 5.56 Å². The number of hydrogen-bond acceptors (Lipinski definition) is 2. The summed E-state index contributed by atoms with van der Waals surface area (Å²) in [6.45, 7) is 0. The fourth-order valence-corrected chi connectivity index (χ4v) is 2.39. The van der Waals surface area contributed by atoms with Crippen LogP contribution in [0.4, 0.5) is 0 Å². The molecular formula is C14H8Cl2N2O2. The number of fused-ring (bicyclic) bond motifs is 1. The van der Waals surface area contributed by atoms with Crippen molar-refractivity contribution in [2.24, 2.45) is 0 Å². The third-order valence-corrected chi connectivity index (χ3v) is 3.57. The number of rotatable bonds is 2. The van der Waals surface area contributed by atoms with Gasteiger partial charge in [-0.25, -0.2) is 9.78 Å². The molecule has 2 N–H and O–H groups in total. The first-order chi connectivity index (χ1) is 9.56. The van der Waals surface area contributed by atoms with Crippen molar-refractivity contribution in [1.82, 2.24) is 9.97 Å². The lowest BCUT2D eigenvalue weighted by molar-refractivity contribution is 0.0697. The Morgan fingerprint density at radius 3 is 2.65 bits per heavy atom. The summed E-state index contributed by atoms with van der Waals surface area (Å²) >= 11 is 12.2. The van der Waals surface area contributed by atoms with E-state index in [1.54, 1.807) is 6.07 Å². The molecule has 4 nitrogen and oxygen atoms in total. The van der Waals surface area contributed by atoms with Gasteiger partial charge in [0.05, 0.1) is 21.1 Å². The molecule has 0 saturated heterocycles. The highest BCUT2D eigenvalue weighted by Crippen LogP contribution is 2.30. The fourth-order valence-electron chi connectivity index (χ4n) is 1.96. The zero-order valence-corrected chi connectivity index (χ0v) is 11.5. The van der Waals surface area contributed by atoms with Crippen molar-refractivity contribution in [2.75, 3.05) is 0 Å². The average Bonchev–Trinajstić information content (AvgIpc) is 2.84. The predicted molar refractivity (Wildman–Crippen MR) is 78.5 cm³/mol. The second-order valence-electron chi connectivity index (χ2n) is 4.22. The van der Waals surface area contributed by atoms with Crippen LogP contribution < -0.4 is 0 Å². The molecule has 3 rings (SSSR count). The number of halogens is 2. The van der Waals surface area contributed by atoms with Crippen LogP contribution in [-0.4, -0.2) is 21.0 Å². The third kappa shape index (κ3) is 2.13. The molecule has 0 spiro atoms. The van der Waals surface area contributed by atoms with Gasteiger partial charge in [-0.05, 0) is 30.3 Å². The average molecular weight is 307 g/mol. The number of benzene rings is 2. The summed E-state index contributed by atoms with van der Waals surface area (Å²) in [4.78, 5) is 18.5. The Balaban J connectivity index is 2.22. The van der Waals surface area contributed by atoms with Crippen LogP contribution in [0.2, 0.25) is 10.0 Å². The number of nitrogens with zero attached hydrogens (tertiary/aromatic N) is 1. The number of carboxylic acid groups (broad SMARTS) is 1. The Labute approximate surface area is 124 Å². The van der Waals surface area contributed by atoms with E-state index in [9.17, 15) is 4.79 Å². The van der Waals surface area contributed by atoms with Gasteiger partial charge in [0.2, 0.25) is 0 Å². The minimum absolute atomic E-state index is 0.149. The lowest BCUT2D eigenvalue weighted by Gasteiger charge is -2.02. The molecule has 0 aliphatic rings. The Bertz CT molecular complexity index is 827. The standard InChI is InChI=1S/C14H8Cl2N2O2/c15-9-5-4-7(14(19)20)6-8(9)13-17-11-3-1-2-10(16)12(11)18-13/h1-6H,(H,17,18)(H,19,20). The molecule has 0 fully saturated rings. The molecule has 20 heavy (non-hydrogen) atoms. The van der Waals surface area contributed by atoms with E-state index in [1.807, 2.05) is 12.1 Å². The van der Waals surface area contributed by atoms with Crippen LogP contribution in [0.15, 0.2) is 36.4 Å². The molecule has 0 aliphatic heterocycles. The van der Waals surface area contributed by atoms with Crippen molar-refractivity contribution in [1.29, 1.82) is 0 Å². The summed E-state index contributed by atoms with van der Waals surface area (Å²) in [5.74, 6) is -0.529. The van der Waals surface area contributed by atoms with Crippen molar-refractivity contribution >= 4 is 40.2 Å². The van der Waals surface area contributed by atoms with E-state index >= 15 is 0 Å². The Morgan fingerprint density at radius 1 is 1.15 bits per heavy atom. The smallest absolute Gasteiger partial charge is 0.335 e. The van der Waals surface area contributed by atoms with Gasteiger partial charge in [-0.1, -0.05) is 29.3 Å². The minimum Gasteiger partial charge on any atom is -0.478 e. The number of aromatic carboxylic acids is 1. The van der Waals surface area contributed by atoms with Crippen LogP contribution in [-0.2, 0) is 0 Å². The fraction of sp³-hybridized carbons (Fsp3) is 0. The van der Waals surface area contributed by atoms with Crippen molar-refractivity contribution < 1.29 is 9.90 Å². The number of aromatic nitrogens is 2. The minimum atomic E-state index is -1.02. The number of nitrogens with one attached hydrogen (secondary N) is 1. The molecular weight excluding hydrogens is 299 g/mol. The second-order valence-corrected chi connectivity index (χ2v) is 5.04. The highest BCUT2D eigenvalue weighted by atomic mass is 35.5. The summed E-state index contributed by atoms with van der Waals surface area (Å²) < 4.78 is 0. The molecule has 2 aromatic carbocycles. The molecule has 6 heteroatoms. The SMILES string of the molecule is O=C(O)c1ccc(Cl)c(-c2nc3c(Cl)cccc3[nH]2)c1. The van der Waals surface area contributed by atoms with Crippen LogP contribution in [0.3, 0.4) is 0 Å². The monoisotopic (exact) mass is 306 g/mol. The predicted octanol–water partition coefficient (Wildman–Crippen LogP) is 4.23. The topological polar surface area (TPSA) is 66.0 Å². The number of para-hydroxylation sites is 1. The number of aromatic amines is 1. The van der Waals surface area contributed by atoms with Crippen molar-refractivity contribution in [3.63, 3.8) is 0 Å². The van der Waals surface area contributed by atoms with Crippen LogP contribution in [0.1, 0.15) is 10.4 Å². The first-order valence-electron chi connectivity index (χ1n) is 5.73. The Kier molecular flexibility index (Phi) is 3.12. The molecule has 0 radical (unpaired) electrons. The van der Waals surface area contributed by atoms with Crippen molar-refractivity contribution in [3.8, 4) is 11.4 Å². The quantitative estimate of drug-likeness (QED) is 0.744. The molecule has 0 amide bonds. The van der Waals surface area contributed by atoms with E-state index in [1.165, 1.54) is 18.2 Å². The van der Waals surface area contributed by atoms with Gasteiger partial charge in [0.1, 0.15) is 11.3 Å². The molecule has 0 unspecified atom stereocenters. The molecule has 100 valence electrons. The zero-order valence-electron chi connectivity index (χ0n) is 10.0. The lowest BCUT2D eigenvalue weighted by Crippen LogP contribution is -1.96. The van der Waals surface area contributed by atoms with Gasteiger partial charge in [0.25, 0.3) is 0 Å². The van der Waals surface area contributed by atoms with E-state index in [2.05, 4.69) is 9.97 Å². The highest BCUT2D eigenvalue weighted by molar-refractivity contribution is 6.35. The second kappa shape index (κ2) is 4.81. The molecule has 0 saturated carbocycles. The molecule has 0 bridgehead atoms. The van der Waals surface area contributed by atoms with E-state index < -0.39 is 5.97 Å². The van der Waals surface area contributed by atoms with Crippen molar-refractivity contribution in [3.05, 3.63) is 52.0 Å². The number of hydrogen-bond donors (Lipinski definition) is 2. The highest BCUT2D eigenvalue weighted by Gasteiger charge is 2.13. The number of carboxylic acids is 1. The molecule has 1 heterocycles. The van der Waals surface area contributed by atoms with Gasteiger partial charge >= 0.3 is 5.97 Å². The maximum atomic E-state index is 11.0. The van der Waals surface area contributed by atoms with Crippen molar-refractivity contribution in [2.45, 2.75) is 0 Å². The van der Waals surface area contributed by atoms with Gasteiger partial charge < -0.3 is 10.1 Å². The van der Waals surface area contributed by atoms with Crippen LogP contribution in [0, 0.1) is 0 Å². The number of H-pyrrole nitrogens is 1. The summed E-state index contributed by atoms with van der Waals surface area (Å²) in [6.07, 6.45) is 0. The summed E-state index contributed by atoms with van der Waals surface area (Å²) in [6, 6.07) is 9.85. The summed E-state index contributed by atoms with van der Waals surface area (Å²) in [7, 11) is 0. The number of imidazole rings is 1. The molecule has 1 aromatic heterocycles. The van der Waals surface area contributed by atoms with Gasteiger partial charge in [0, 0.05) is 5.56 Å². The largest absolute Gasteiger partial charge is 0.478 e. The third-order valence-electron chi connectivity index (χ3n) is 2.93. The maximum absolute atomic E-state index is 11.0. The summed E-state index contributed by atoms with van der Waals surface area (Å²) in [5, 5.41) is 9.98. The lowest BCUT2D eigenvalue weighted by atomic mass is 10.1. The van der Waals surface area contributed by atoms with E-state index in [0.29, 0.717) is 26.9 Å². The summed E-state index contributed by atoms with van der Waals surface area (Å²) in [5.41, 5.74) is 2.07. The van der Waals surface area contributed by atoms with Crippen LogP contribution in [0.25, 0.3) is 22.4 Å². The molecule has 3 aromatic rings. The first kappa shape index (κ1) is 13.0. The van der Waals surface area contributed by atoms with Crippen LogP contribution in [0.5, 0.6) is 0 Å². The first-order valence-corrected chi connectivity index (χ1v) is 6.49. The Hall–Kier alpha value is -2.04. The van der Waals surface area contributed by atoms with Gasteiger partial charge in [-0.3, -0.25) is 0 Å². The molecule has 0 aliphatic carbocycles. The van der Waals surface area contributed by atoms with E-state index in [4.69, 9.17) is 28.3 Å². The normalized spacial score (nSPS) is 10.9. The van der Waals surface area contributed by atoms with E-state index in [0.717, 1.165) is 5.52 Å². The van der Waals surface area contributed by atoms with Gasteiger partial charge in [-0.15, -0.1) is 0 Å². The Morgan fingerprint density at radius 2 is 1.95 bits per heavy atom. The zero-order chi connectivity index (χ0) is 14.3.